The number of fused-ring (bicyclic) bond motifs is 1. The minimum Gasteiger partial charge on any atom is -0.493 e. The van der Waals surface area contributed by atoms with Crippen molar-refractivity contribution in [2.45, 2.75) is 26.2 Å². The Morgan fingerprint density at radius 2 is 2.20 bits per heavy atom. The Kier molecular flexibility index (Phi) is 3.61. The van der Waals surface area contributed by atoms with Gasteiger partial charge >= 0.3 is 0 Å². The highest BCUT2D eigenvalue weighted by atomic mass is 79.9. The molecule has 1 aromatic carbocycles. The lowest BCUT2D eigenvalue weighted by Gasteiger charge is -2.09. The van der Waals surface area contributed by atoms with E-state index in [1.807, 2.05) is 12.1 Å². The first-order valence-electron chi connectivity index (χ1n) is 6.77. The summed E-state index contributed by atoms with van der Waals surface area (Å²) in [5.74, 6) is 2.15. The molecule has 4 nitrogen and oxygen atoms in total. The molecule has 0 amide bonds. The van der Waals surface area contributed by atoms with Gasteiger partial charge in [-0.1, -0.05) is 13.3 Å². The largest absolute Gasteiger partial charge is 0.493 e. The van der Waals surface area contributed by atoms with Gasteiger partial charge in [0.1, 0.15) is 11.6 Å². The Morgan fingerprint density at radius 3 is 3.00 bits per heavy atom. The van der Waals surface area contributed by atoms with E-state index >= 15 is 0 Å². The number of hydrogen-bond donors (Lipinski definition) is 1. The minimum absolute atomic E-state index is 0.496. The normalized spacial score (nSPS) is 13.1. The van der Waals surface area contributed by atoms with Crippen LogP contribution in [-0.4, -0.2) is 16.6 Å². The van der Waals surface area contributed by atoms with Crippen LogP contribution >= 0.6 is 15.9 Å². The van der Waals surface area contributed by atoms with Crippen LogP contribution in [0, 0.1) is 0 Å². The van der Waals surface area contributed by atoms with E-state index < -0.39 is 0 Å². The van der Waals surface area contributed by atoms with E-state index in [0.29, 0.717) is 11.6 Å². The number of ether oxygens (including phenoxy) is 1. The van der Waals surface area contributed by atoms with Crippen LogP contribution in [-0.2, 0) is 12.8 Å². The van der Waals surface area contributed by atoms with E-state index in [9.17, 15) is 0 Å². The molecule has 3 rings (SSSR count). The van der Waals surface area contributed by atoms with E-state index in [0.717, 1.165) is 47.3 Å². The predicted molar refractivity (Wildman–Crippen MR) is 82.8 cm³/mol. The SMILES string of the molecule is CCCc1nc(-c2ccc3c(c2)CCO3)nc(N)c1Br. The van der Waals surface area contributed by atoms with Gasteiger partial charge in [-0.2, -0.15) is 0 Å². The molecule has 1 aromatic heterocycles. The van der Waals surface area contributed by atoms with Gasteiger partial charge in [-0.15, -0.1) is 0 Å². The van der Waals surface area contributed by atoms with Gasteiger partial charge in [0, 0.05) is 12.0 Å². The van der Waals surface area contributed by atoms with E-state index in [-0.39, 0.29) is 0 Å². The smallest absolute Gasteiger partial charge is 0.161 e. The molecule has 0 saturated carbocycles. The maximum atomic E-state index is 5.98. The third-order valence-corrected chi connectivity index (χ3v) is 4.24. The monoisotopic (exact) mass is 333 g/mol. The zero-order valence-corrected chi connectivity index (χ0v) is 12.9. The maximum absolute atomic E-state index is 5.98. The average Bonchev–Trinajstić information content (AvgIpc) is 2.91. The zero-order valence-electron chi connectivity index (χ0n) is 11.3. The van der Waals surface area contributed by atoms with Gasteiger partial charge in [-0.3, -0.25) is 0 Å². The molecule has 0 saturated heterocycles. The van der Waals surface area contributed by atoms with Crippen LogP contribution < -0.4 is 10.5 Å². The van der Waals surface area contributed by atoms with Crippen molar-refractivity contribution in [3.8, 4) is 17.1 Å². The number of nitrogens with zero attached hydrogens (tertiary/aromatic N) is 2. The molecule has 1 aliphatic heterocycles. The summed E-state index contributed by atoms with van der Waals surface area (Å²) in [5.41, 5.74) is 9.15. The number of anilines is 1. The number of aryl methyl sites for hydroxylation is 1. The van der Waals surface area contributed by atoms with Crippen molar-refractivity contribution in [1.29, 1.82) is 0 Å². The second-order valence-corrected chi connectivity index (χ2v) is 5.66. The third kappa shape index (κ3) is 2.38. The number of halogens is 1. The van der Waals surface area contributed by atoms with Crippen molar-refractivity contribution in [3.63, 3.8) is 0 Å². The van der Waals surface area contributed by atoms with Gasteiger partial charge < -0.3 is 10.5 Å². The Hall–Kier alpha value is -1.62. The second kappa shape index (κ2) is 5.40. The Bertz CT molecular complexity index is 658. The van der Waals surface area contributed by atoms with Gasteiger partial charge in [0.25, 0.3) is 0 Å². The van der Waals surface area contributed by atoms with E-state index in [4.69, 9.17) is 10.5 Å². The first-order chi connectivity index (χ1) is 9.69. The quantitative estimate of drug-likeness (QED) is 0.935. The molecule has 0 unspecified atom stereocenters. The zero-order chi connectivity index (χ0) is 14.1. The molecule has 0 spiro atoms. The highest BCUT2D eigenvalue weighted by Gasteiger charge is 2.15. The first kappa shape index (κ1) is 13.4. The number of hydrogen-bond acceptors (Lipinski definition) is 4. The maximum Gasteiger partial charge on any atom is 0.161 e. The summed E-state index contributed by atoms with van der Waals surface area (Å²) in [4.78, 5) is 9.03. The summed E-state index contributed by atoms with van der Waals surface area (Å²) in [6.45, 7) is 2.88. The van der Waals surface area contributed by atoms with Gasteiger partial charge in [-0.05, 0) is 46.1 Å². The van der Waals surface area contributed by atoms with Gasteiger partial charge in [0.05, 0.1) is 16.8 Å². The van der Waals surface area contributed by atoms with Crippen molar-refractivity contribution >= 4 is 21.7 Å². The van der Waals surface area contributed by atoms with Crippen LogP contribution in [0.3, 0.4) is 0 Å². The molecule has 0 radical (unpaired) electrons. The third-order valence-electron chi connectivity index (χ3n) is 3.38. The summed E-state index contributed by atoms with van der Waals surface area (Å²) in [7, 11) is 0. The van der Waals surface area contributed by atoms with Crippen molar-refractivity contribution in [2.75, 3.05) is 12.3 Å². The van der Waals surface area contributed by atoms with E-state index in [1.165, 1.54) is 5.56 Å². The summed E-state index contributed by atoms with van der Waals surface area (Å²) in [5, 5.41) is 0. The lowest BCUT2D eigenvalue weighted by molar-refractivity contribution is 0.357. The highest BCUT2D eigenvalue weighted by molar-refractivity contribution is 9.10. The fraction of sp³-hybridized carbons (Fsp3) is 0.333. The molecule has 0 aliphatic carbocycles. The summed E-state index contributed by atoms with van der Waals surface area (Å²) < 4.78 is 6.33. The van der Waals surface area contributed by atoms with Crippen LogP contribution in [0.25, 0.3) is 11.4 Å². The van der Waals surface area contributed by atoms with E-state index in [1.54, 1.807) is 0 Å². The highest BCUT2D eigenvalue weighted by Crippen LogP contribution is 2.31. The Labute approximate surface area is 126 Å². The van der Waals surface area contributed by atoms with Crippen molar-refractivity contribution < 1.29 is 4.74 Å². The molecule has 2 aromatic rings. The molecular weight excluding hydrogens is 318 g/mol. The Balaban J connectivity index is 2.05. The Morgan fingerprint density at radius 1 is 1.35 bits per heavy atom. The second-order valence-electron chi connectivity index (χ2n) is 4.86. The predicted octanol–water partition coefficient (Wildman–Crippen LogP) is 3.38. The minimum atomic E-state index is 0.496. The van der Waals surface area contributed by atoms with Crippen molar-refractivity contribution in [3.05, 3.63) is 33.9 Å². The van der Waals surface area contributed by atoms with Crippen LogP contribution in [0.15, 0.2) is 22.7 Å². The number of aromatic nitrogens is 2. The van der Waals surface area contributed by atoms with Crippen LogP contribution in [0.4, 0.5) is 5.82 Å². The fourth-order valence-corrected chi connectivity index (χ4v) is 2.75. The number of rotatable bonds is 3. The molecule has 0 bridgehead atoms. The number of benzene rings is 1. The van der Waals surface area contributed by atoms with Gasteiger partial charge in [-0.25, -0.2) is 9.97 Å². The topological polar surface area (TPSA) is 61.0 Å². The summed E-state index contributed by atoms with van der Waals surface area (Å²) in [6, 6.07) is 6.07. The molecule has 0 fully saturated rings. The molecule has 104 valence electrons. The molecular formula is C15H16BrN3O. The molecule has 5 heteroatoms. The number of nitrogen functional groups attached to an aromatic ring is 1. The standard InChI is InChI=1S/C15H16BrN3O/c1-2-3-11-13(16)14(17)19-15(18-11)10-4-5-12-9(8-10)6-7-20-12/h4-5,8H,2-3,6-7H2,1H3,(H2,17,18,19). The van der Waals surface area contributed by atoms with E-state index in [2.05, 4.69) is 38.9 Å². The molecule has 2 heterocycles. The van der Waals surface area contributed by atoms with Crippen LogP contribution in [0.1, 0.15) is 24.6 Å². The van der Waals surface area contributed by atoms with Gasteiger partial charge in [0.15, 0.2) is 5.82 Å². The molecule has 20 heavy (non-hydrogen) atoms. The van der Waals surface area contributed by atoms with Crippen LogP contribution in [0.2, 0.25) is 0 Å². The number of nitrogens with two attached hydrogens (primary N) is 1. The molecule has 0 atom stereocenters. The van der Waals surface area contributed by atoms with Gasteiger partial charge in [0.2, 0.25) is 0 Å². The lowest BCUT2D eigenvalue weighted by Crippen LogP contribution is -2.03. The summed E-state index contributed by atoms with van der Waals surface area (Å²) in [6.07, 6.45) is 2.85. The fourth-order valence-electron chi connectivity index (χ4n) is 2.37. The molecule has 1 aliphatic rings. The van der Waals surface area contributed by atoms with Crippen molar-refractivity contribution in [1.82, 2.24) is 9.97 Å². The average molecular weight is 334 g/mol. The lowest BCUT2D eigenvalue weighted by atomic mass is 10.1. The summed E-state index contributed by atoms with van der Waals surface area (Å²) >= 11 is 3.47. The van der Waals surface area contributed by atoms with Crippen LogP contribution in [0.5, 0.6) is 5.75 Å². The first-order valence-corrected chi connectivity index (χ1v) is 7.56. The van der Waals surface area contributed by atoms with Crippen molar-refractivity contribution in [2.24, 2.45) is 0 Å². The molecule has 2 N–H and O–H groups in total.